The molecule has 0 saturated heterocycles. The molecule has 0 bridgehead atoms. The minimum absolute atomic E-state index is 0. The summed E-state index contributed by atoms with van der Waals surface area (Å²) >= 11 is 18.7. The first kappa shape index (κ1) is 22.9. The number of benzene rings is 3. The Balaban J connectivity index is 0.00000280. The lowest BCUT2D eigenvalue weighted by Gasteiger charge is -2.12. The molecular formula is C22H21Cl4NO. The number of rotatable bonds is 8. The summed E-state index contributed by atoms with van der Waals surface area (Å²) in [7, 11) is 0. The van der Waals surface area contributed by atoms with Crippen LogP contribution in [0.3, 0.4) is 0 Å². The minimum Gasteiger partial charge on any atom is -0.486 e. The molecule has 28 heavy (non-hydrogen) atoms. The Kier molecular flexibility index (Phi) is 9.43. The highest BCUT2D eigenvalue weighted by atomic mass is 35.5. The van der Waals surface area contributed by atoms with Gasteiger partial charge < -0.3 is 10.1 Å². The van der Waals surface area contributed by atoms with Crippen LogP contribution >= 0.6 is 47.2 Å². The van der Waals surface area contributed by atoms with Gasteiger partial charge >= 0.3 is 0 Å². The Bertz CT molecular complexity index is 846. The lowest BCUT2D eigenvalue weighted by Crippen LogP contribution is -2.16. The highest BCUT2D eigenvalue weighted by Gasteiger charge is 2.10. The van der Waals surface area contributed by atoms with Gasteiger partial charge in [0.05, 0.1) is 10.0 Å². The smallest absolute Gasteiger partial charge is 0.156 e. The molecule has 3 rings (SSSR count). The standard InChI is InChI=1S/C22H20Cl3NO.ClH/c23-19-8-6-16(7-9-19)10-11-26-14-18-12-20(24)22(21(25)13-18)27-15-17-4-2-1-3-5-17;/h1-9,12-13,26H,10-11,14-15H2;1H. The van der Waals surface area contributed by atoms with Gasteiger partial charge in [0, 0.05) is 11.6 Å². The summed E-state index contributed by atoms with van der Waals surface area (Å²) in [5.41, 5.74) is 3.33. The third-order valence-corrected chi connectivity index (χ3v) is 4.93. The molecule has 0 aliphatic heterocycles. The van der Waals surface area contributed by atoms with Crippen molar-refractivity contribution in [3.8, 4) is 5.75 Å². The lowest BCUT2D eigenvalue weighted by atomic mass is 10.1. The van der Waals surface area contributed by atoms with Crippen molar-refractivity contribution < 1.29 is 4.74 Å². The van der Waals surface area contributed by atoms with Gasteiger partial charge in [0.1, 0.15) is 6.61 Å². The van der Waals surface area contributed by atoms with E-state index in [1.54, 1.807) is 0 Å². The van der Waals surface area contributed by atoms with Gasteiger partial charge in [-0.2, -0.15) is 0 Å². The first-order valence-corrected chi connectivity index (χ1v) is 9.85. The fourth-order valence-electron chi connectivity index (χ4n) is 2.70. The molecule has 0 aromatic heterocycles. The number of hydrogen-bond donors (Lipinski definition) is 1. The molecule has 3 aromatic rings. The average molecular weight is 457 g/mol. The summed E-state index contributed by atoms with van der Waals surface area (Å²) in [6.07, 6.45) is 0.927. The predicted molar refractivity (Wildman–Crippen MR) is 121 cm³/mol. The summed E-state index contributed by atoms with van der Waals surface area (Å²) < 4.78 is 5.81. The summed E-state index contributed by atoms with van der Waals surface area (Å²) in [4.78, 5) is 0. The van der Waals surface area contributed by atoms with E-state index in [2.05, 4.69) is 5.32 Å². The lowest BCUT2D eigenvalue weighted by molar-refractivity contribution is 0.306. The van der Waals surface area contributed by atoms with Crippen molar-refractivity contribution in [3.05, 3.63) is 98.5 Å². The maximum Gasteiger partial charge on any atom is 0.156 e. The molecule has 0 atom stereocenters. The zero-order valence-corrected chi connectivity index (χ0v) is 18.2. The van der Waals surface area contributed by atoms with Gasteiger partial charge in [0.25, 0.3) is 0 Å². The normalized spacial score (nSPS) is 10.4. The molecule has 6 heteroatoms. The fraction of sp³-hybridized carbons (Fsp3) is 0.182. The number of ether oxygens (including phenoxy) is 1. The van der Waals surface area contributed by atoms with Gasteiger partial charge in [-0.1, -0.05) is 77.3 Å². The molecule has 0 saturated carbocycles. The van der Waals surface area contributed by atoms with E-state index in [0.717, 1.165) is 29.1 Å². The first-order chi connectivity index (χ1) is 13.1. The number of nitrogens with one attached hydrogen (secondary N) is 1. The molecule has 148 valence electrons. The largest absolute Gasteiger partial charge is 0.486 e. The molecule has 0 fully saturated rings. The first-order valence-electron chi connectivity index (χ1n) is 8.71. The number of halogens is 4. The van der Waals surface area contributed by atoms with Crippen molar-refractivity contribution in [1.29, 1.82) is 0 Å². The summed E-state index contributed by atoms with van der Waals surface area (Å²) in [6, 6.07) is 21.6. The van der Waals surface area contributed by atoms with Crippen LogP contribution in [0.4, 0.5) is 0 Å². The van der Waals surface area contributed by atoms with Crippen LogP contribution < -0.4 is 10.1 Å². The maximum absolute atomic E-state index is 6.37. The average Bonchev–Trinajstić information content (AvgIpc) is 2.67. The molecule has 0 spiro atoms. The van der Waals surface area contributed by atoms with Crippen LogP contribution in [0, 0.1) is 0 Å². The predicted octanol–water partition coefficient (Wildman–Crippen LogP) is 6.98. The van der Waals surface area contributed by atoms with Crippen LogP contribution in [0.2, 0.25) is 15.1 Å². The topological polar surface area (TPSA) is 21.3 Å². The summed E-state index contributed by atoms with van der Waals surface area (Å²) in [5.74, 6) is 0.520. The van der Waals surface area contributed by atoms with Gasteiger partial charge in [-0.15, -0.1) is 12.4 Å². The maximum atomic E-state index is 6.37. The third-order valence-electron chi connectivity index (χ3n) is 4.12. The second kappa shape index (κ2) is 11.5. The van der Waals surface area contributed by atoms with Crippen LogP contribution in [-0.4, -0.2) is 6.54 Å². The van der Waals surface area contributed by atoms with Crippen molar-refractivity contribution in [2.75, 3.05) is 6.54 Å². The Morgan fingerprint density at radius 3 is 2.04 bits per heavy atom. The second-order valence-electron chi connectivity index (χ2n) is 6.22. The molecule has 1 N–H and O–H groups in total. The van der Waals surface area contributed by atoms with E-state index in [-0.39, 0.29) is 12.4 Å². The minimum atomic E-state index is 0. The Morgan fingerprint density at radius 1 is 0.750 bits per heavy atom. The zero-order valence-electron chi connectivity index (χ0n) is 15.1. The fourth-order valence-corrected chi connectivity index (χ4v) is 3.47. The monoisotopic (exact) mass is 455 g/mol. The van der Waals surface area contributed by atoms with E-state index in [9.17, 15) is 0 Å². The van der Waals surface area contributed by atoms with Crippen LogP contribution in [0.1, 0.15) is 16.7 Å². The Hall–Kier alpha value is -1.42. The molecule has 0 radical (unpaired) electrons. The van der Waals surface area contributed by atoms with E-state index >= 15 is 0 Å². The van der Waals surface area contributed by atoms with Gasteiger partial charge in [-0.3, -0.25) is 0 Å². The molecule has 2 nitrogen and oxygen atoms in total. The number of hydrogen-bond acceptors (Lipinski definition) is 2. The molecule has 0 aliphatic carbocycles. The molecule has 0 heterocycles. The van der Waals surface area contributed by atoms with Crippen molar-refractivity contribution in [2.24, 2.45) is 0 Å². The van der Waals surface area contributed by atoms with Crippen molar-refractivity contribution in [2.45, 2.75) is 19.6 Å². The van der Waals surface area contributed by atoms with Gasteiger partial charge in [0.2, 0.25) is 0 Å². The van der Waals surface area contributed by atoms with Crippen LogP contribution in [0.5, 0.6) is 5.75 Å². The van der Waals surface area contributed by atoms with Crippen molar-refractivity contribution in [1.82, 2.24) is 5.32 Å². The second-order valence-corrected chi connectivity index (χ2v) is 7.47. The van der Waals surface area contributed by atoms with Crippen LogP contribution in [-0.2, 0) is 19.6 Å². The van der Waals surface area contributed by atoms with E-state index in [1.807, 2.05) is 66.7 Å². The summed E-state index contributed by atoms with van der Waals surface area (Å²) in [5, 5.41) is 5.20. The van der Waals surface area contributed by atoms with Gasteiger partial charge in [-0.25, -0.2) is 0 Å². The van der Waals surface area contributed by atoms with Crippen LogP contribution in [0.15, 0.2) is 66.7 Å². The molecule has 3 aromatic carbocycles. The van der Waals surface area contributed by atoms with Crippen molar-refractivity contribution >= 4 is 47.2 Å². The van der Waals surface area contributed by atoms with E-state index in [1.165, 1.54) is 5.56 Å². The van der Waals surface area contributed by atoms with E-state index < -0.39 is 0 Å². The SMILES string of the molecule is Cl.Clc1ccc(CCNCc2cc(Cl)c(OCc3ccccc3)c(Cl)c2)cc1. The summed E-state index contributed by atoms with van der Waals surface area (Å²) in [6.45, 7) is 1.97. The highest BCUT2D eigenvalue weighted by Crippen LogP contribution is 2.34. The van der Waals surface area contributed by atoms with Crippen molar-refractivity contribution in [3.63, 3.8) is 0 Å². The van der Waals surface area contributed by atoms with E-state index in [4.69, 9.17) is 39.5 Å². The molecular weight excluding hydrogens is 436 g/mol. The van der Waals surface area contributed by atoms with E-state index in [0.29, 0.717) is 28.9 Å². The third kappa shape index (κ3) is 6.88. The Labute approximate surface area is 187 Å². The zero-order chi connectivity index (χ0) is 19.1. The van der Waals surface area contributed by atoms with Gasteiger partial charge in [-0.05, 0) is 53.9 Å². The molecule has 0 amide bonds. The highest BCUT2D eigenvalue weighted by molar-refractivity contribution is 6.37. The van der Waals surface area contributed by atoms with Crippen LogP contribution in [0.25, 0.3) is 0 Å². The Morgan fingerprint density at radius 2 is 1.39 bits per heavy atom. The molecule has 0 aliphatic rings. The quantitative estimate of drug-likeness (QED) is 0.369. The molecule has 0 unspecified atom stereocenters. The van der Waals surface area contributed by atoms with Gasteiger partial charge in [0.15, 0.2) is 5.75 Å².